The quantitative estimate of drug-likeness (QED) is 0.817. The Morgan fingerprint density at radius 1 is 1.20 bits per heavy atom. The number of para-hydroxylation sites is 1. The highest BCUT2D eigenvalue weighted by molar-refractivity contribution is 6.04. The van der Waals surface area contributed by atoms with Crippen molar-refractivity contribution in [3.05, 3.63) is 36.0 Å². The van der Waals surface area contributed by atoms with Gasteiger partial charge in [0.15, 0.2) is 6.61 Å². The van der Waals surface area contributed by atoms with E-state index in [1.54, 1.807) is 6.20 Å². The van der Waals surface area contributed by atoms with Crippen molar-refractivity contribution < 1.29 is 14.3 Å². The molecule has 2 aromatic rings. The summed E-state index contributed by atoms with van der Waals surface area (Å²) in [4.78, 5) is 24.3. The van der Waals surface area contributed by atoms with Gasteiger partial charge >= 0.3 is 5.97 Å². The van der Waals surface area contributed by atoms with Gasteiger partial charge in [0, 0.05) is 30.2 Å². The first-order valence-electron chi connectivity index (χ1n) is 9.20. The van der Waals surface area contributed by atoms with Gasteiger partial charge in [-0.15, -0.1) is 0 Å². The second kappa shape index (κ2) is 8.19. The van der Waals surface area contributed by atoms with Crippen LogP contribution in [-0.2, 0) is 16.1 Å². The number of carbonyl (C=O) groups excluding carboxylic acids is 2. The number of carbonyl (C=O) groups is 2. The molecule has 1 aromatic carbocycles. The van der Waals surface area contributed by atoms with E-state index in [2.05, 4.69) is 5.32 Å². The average molecular weight is 342 g/mol. The van der Waals surface area contributed by atoms with E-state index in [0.29, 0.717) is 18.0 Å². The van der Waals surface area contributed by atoms with Crippen LogP contribution in [0.25, 0.3) is 10.9 Å². The van der Waals surface area contributed by atoms with Gasteiger partial charge in [0.05, 0.1) is 5.56 Å². The number of aryl methyl sites for hydroxylation is 1. The molecule has 0 saturated heterocycles. The number of fused-ring (bicyclic) bond motifs is 1. The summed E-state index contributed by atoms with van der Waals surface area (Å²) in [5.74, 6) is -0.106. The van der Waals surface area contributed by atoms with E-state index in [9.17, 15) is 9.59 Å². The topological polar surface area (TPSA) is 60.3 Å². The number of aromatic nitrogens is 1. The molecule has 1 aliphatic rings. The van der Waals surface area contributed by atoms with Gasteiger partial charge in [0.1, 0.15) is 0 Å². The Bertz CT molecular complexity index is 744. The zero-order valence-electron chi connectivity index (χ0n) is 14.8. The Kier molecular flexibility index (Phi) is 5.74. The van der Waals surface area contributed by atoms with E-state index in [1.165, 1.54) is 32.1 Å². The minimum Gasteiger partial charge on any atom is -0.452 e. The van der Waals surface area contributed by atoms with Crippen LogP contribution in [0.5, 0.6) is 0 Å². The highest BCUT2D eigenvalue weighted by Gasteiger charge is 2.18. The first kappa shape index (κ1) is 17.5. The van der Waals surface area contributed by atoms with Crippen LogP contribution in [0.1, 0.15) is 49.4 Å². The summed E-state index contributed by atoms with van der Waals surface area (Å²) >= 11 is 0. The third kappa shape index (κ3) is 4.21. The van der Waals surface area contributed by atoms with Crippen LogP contribution in [0.2, 0.25) is 0 Å². The zero-order chi connectivity index (χ0) is 17.6. The summed E-state index contributed by atoms with van der Waals surface area (Å²) in [6.45, 7) is 3.26. The summed E-state index contributed by atoms with van der Waals surface area (Å²) in [6, 6.07) is 7.73. The molecule has 0 aliphatic heterocycles. The van der Waals surface area contributed by atoms with Crippen molar-refractivity contribution in [1.82, 2.24) is 9.88 Å². The fourth-order valence-corrected chi connectivity index (χ4v) is 3.58. The average Bonchev–Trinajstić information content (AvgIpc) is 3.04. The van der Waals surface area contributed by atoms with Crippen LogP contribution in [0.15, 0.2) is 30.5 Å². The van der Waals surface area contributed by atoms with Gasteiger partial charge in [-0.05, 0) is 31.7 Å². The molecular formula is C20H26N2O3. The zero-order valence-corrected chi connectivity index (χ0v) is 14.8. The number of rotatable bonds is 6. The summed E-state index contributed by atoms with van der Waals surface area (Å²) in [5, 5.41) is 3.75. The monoisotopic (exact) mass is 342 g/mol. The van der Waals surface area contributed by atoms with Crippen molar-refractivity contribution >= 4 is 22.8 Å². The van der Waals surface area contributed by atoms with Crippen molar-refractivity contribution in [3.8, 4) is 0 Å². The van der Waals surface area contributed by atoms with Gasteiger partial charge in [-0.1, -0.05) is 37.5 Å². The number of hydrogen-bond donors (Lipinski definition) is 1. The maximum atomic E-state index is 12.4. The molecule has 1 fully saturated rings. The van der Waals surface area contributed by atoms with Crippen LogP contribution in [0.3, 0.4) is 0 Å². The van der Waals surface area contributed by atoms with E-state index >= 15 is 0 Å². The Labute approximate surface area is 148 Å². The molecular weight excluding hydrogens is 316 g/mol. The molecule has 5 heteroatoms. The van der Waals surface area contributed by atoms with Crippen molar-refractivity contribution in [2.45, 2.75) is 45.6 Å². The first-order chi connectivity index (χ1) is 12.2. The van der Waals surface area contributed by atoms with Gasteiger partial charge in [-0.2, -0.15) is 0 Å². The SMILES string of the molecule is CCn1cc(C(=O)OCC(=O)NCC2CCCCC2)c2ccccc21. The number of esters is 1. The number of nitrogens with zero attached hydrogens (tertiary/aromatic N) is 1. The largest absolute Gasteiger partial charge is 0.452 e. The van der Waals surface area contributed by atoms with Gasteiger partial charge in [-0.3, -0.25) is 4.79 Å². The summed E-state index contributed by atoms with van der Waals surface area (Å²) in [6.07, 6.45) is 7.95. The molecule has 0 spiro atoms. The lowest BCUT2D eigenvalue weighted by Gasteiger charge is -2.21. The Morgan fingerprint density at radius 2 is 1.96 bits per heavy atom. The molecule has 0 bridgehead atoms. The molecule has 134 valence electrons. The molecule has 1 aliphatic carbocycles. The van der Waals surface area contributed by atoms with Crippen molar-refractivity contribution in [2.24, 2.45) is 5.92 Å². The molecule has 0 atom stereocenters. The van der Waals surface area contributed by atoms with Crippen molar-refractivity contribution in [3.63, 3.8) is 0 Å². The van der Waals surface area contributed by atoms with E-state index < -0.39 is 5.97 Å². The molecule has 1 aromatic heterocycles. The lowest BCUT2D eigenvalue weighted by Crippen LogP contribution is -2.33. The third-order valence-corrected chi connectivity index (χ3v) is 5.00. The third-order valence-electron chi connectivity index (χ3n) is 5.00. The summed E-state index contributed by atoms with van der Waals surface area (Å²) in [5.41, 5.74) is 1.51. The smallest absolute Gasteiger partial charge is 0.340 e. The fourth-order valence-electron chi connectivity index (χ4n) is 3.58. The van der Waals surface area contributed by atoms with E-state index in [4.69, 9.17) is 4.74 Å². The van der Waals surface area contributed by atoms with E-state index in [0.717, 1.165) is 17.4 Å². The normalized spacial score (nSPS) is 15.2. The molecule has 3 rings (SSSR count). The van der Waals surface area contributed by atoms with Crippen LogP contribution in [-0.4, -0.2) is 29.6 Å². The fraction of sp³-hybridized carbons (Fsp3) is 0.500. The predicted molar refractivity (Wildman–Crippen MR) is 97.5 cm³/mol. The Hall–Kier alpha value is -2.30. The molecule has 1 amide bonds. The van der Waals surface area contributed by atoms with Crippen LogP contribution >= 0.6 is 0 Å². The molecule has 0 radical (unpaired) electrons. The lowest BCUT2D eigenvalue weighted by atomic mass is 9.89. The molecule has 5 nitrogen and oxygen atoms in total. The van der Waals surface area contributed by atoms with Gasteiger partial charge in [-0.25, -0.2) is 4.79 Å². The first-order valence-corrected chi connectivity index (χ1v) is 9.20. The Morgan fingerprint density at radius 3 is 2.72 bits per heavy atom. The maximum absolute atomic E-state index is 12.4. The van der Waals surface area contributed by atoms with Gasteiger partial charge < -0.3 is 14.6 Å². The molecule has 1 heterocycles. The van der Waals surface area contributed by atoms with Crippen LogP contribution in [0.4, 0.5) is 0 Å². The van der Waals surface area contributed by atoms with Crippen molar-refractivity contribution in [1.29, 1.82) is 0 Å². The highest BCUT2D eigenvalue weighted by Crippen LogP contribution is 2.23. The van der Waals surface area contributed by atoms with Gasteiger partial charge in [0.2, 0.25) is 0 Å². The number of nitrogens with one attached hydrogen (secondary N) is 1. The molecule has 0 unspecified atom stereocenters. The maximum Gasteiger partial charge on any atom is 0.340 e. The van der Waals surface area contributed by atoms with Crippen LogP contribution in [0, 0.1) is 5.92 Å². The van der Waals surface area contributed by atoms with Crippen molar-refractivity contribution in [2.75, 3.05) is 13.2 Å². The molecule has 1 N–H and O–H groups in total. The Balaban J connectivity index is 1.54. The summed E-state index contributed by atoms with van der Waals surface area (Å²) < 4.78 is 7.24. The minimum atomic E-state index is -0.448. The lowest BCUT2D eigenvalue weighted by molar-refractivity contribution is -0.124. The minimum absolute atomic E-state index is 0.224. The van der Waals surface area contributed by atoms with E-state index in [-0.39, 0.29) is 12.5 Å². The van der Waals surface area contributed by atoms with E-state index in [1.807, 2.05) is 35.8 Å². The number of ether oxygens (including phenoxy) is 1. The molecule has 1 saturated carbocycles. The van der Waals surface area contributed by atoms with Crippen LogP contribution < -0.4 is 5.32 Å². The second-order valence-electron chi connectivity index (χ2n) is 6.73. The number of hydrogen-bond acceptors (Lipinski definition) is 3. The summed E-state index contributed by atoms with van der Waals surface area (Å²) in [7, 11) is 0. The standard InChI is InChI=1S/C20H26N2O3/c1-2-22-13-17(16-10-6-7-11-18(16)22)20(24)25-14-19(23)21-12-15-8-4-3-5-9-15/h6-7,10-11,13,15H,2-5,8-9,12,14H2,1H3,(H,21,23). The number of amides is 1. The highest BCUT2D eigenvalue weighted by atomic mass is 16.5. The van der Waals surface area contributed by atoms with Gasteiger partial charge in [0.25, 0.3) is 5.91 Å². The second-order valence-corrected chi connectivity index (χ2v) is 6.73. The molecule has 25 heavy (non-hydrogen) atoms. The number of benzene rings is 1. The predicted octanol–water partition coefficient (Wildman–Crippen LogP) is 3.51.